The highest BCUT2D eigenvalue weighted by molar-refractivity contribution is 7.89. The fourth-order valence-corrected chi connectivity index (χ4v) is 7.00. The smallest absolute Gasteiger partial charge is 0.328 e. The highest BCUT2D eigenvalue weighted by Crippen LogP contribution is 2.35. The predicted octanol–water partition coefficient (Wildman–Crippen LogP) is 4.53. The van der Waals surface area contributed by atoms with Crippen molar-refractivity contribution in [3.63, 3.8) is 0 Å². The van der Waals surface area contributed by atoms with E-state index in [2.05, 4.69) is 10.6 Å². The third kappa shape index (κ3) is 6.70. The number of nitrogens with one attached hydrogen (secondary N) is 2. The van der Waals surface area contributed by atoms with Crippen LogP contribution in [0.1, 0.15) is 47.8 Å². The monoisotopic (exact) mass is 704 g/mol. The Morgan fingerprint density at radius 3 is 2.35 bits per heavy atom. The number of fused-ring (bicyclic) bond motifs is 2. The highest BCUT2D eigenvalue weighted by atomic mass is 35.5. The van der Waals surface area contributed by atoms with Gasteiger partial charge in [0.15, 0.2) is 0 Å². The summed E-state index contributed by atoms with van der Waals surface area (Å²) in [5.41, 5.74) is 2.66. The molecule has 1 aliphatic rings. The van der Waals surface area contributed by atoms with Crippen molar-refractivity contribution in [1.82, 2.24) is 19.5 Å². The van der Waals surface area contributed by atoms with Gasteiger partial charge in [0.25, 0.3) is 17.7 Å². The molecule has 1 aromatic heterocycles. The minimum absolute atomic E-state index is 0.0176. The number of carboxylic acids is 1. The molecule has 0 aliphatic carbocycles. The second-order valence-corrected chi connectivity index (χ2v) is 13.9. The number of nitrogens with zero attached hydrogens (tertiary/aromatic N) is 2. The van der Waals surface area contributed by atoms with E-state index >= 15 is 0 Å². The average Bonchev–Trinajstić information content (AvgIpc) is 3.38. The molecule has 0 radical (unpaired) electrons. The fraction of sp³-hybridized carbons (Fsp3) is 0.226. The van der Waals surface area contributed by atoms with Gasteiger partial charge in [0.05, 0.1) is 32.9 Å². The molecule has 3 amide bonds. The quantitative estimate of drug-likeness (QED) is 0.243. The van der Waals surface area contributed by atoms with Crippen molar-refractivity contribution >= 4 is 79.4 Å². The molecule has 46 heavy (non-hydrogen) atoms. The number of hydrogen-bond acceptors (Lipinski definition) is 6. The minimum atomic E-state index is -3.75. The van der Waals surface area contributed by atoms with Gasteiger partial charge in [-0.25, -0.2) is 17.2 Å². The Morgan fingerprint density at radius 1 is 1.00 bits per heavy atom. The van der Waals surface area contributed by atoms with Crippen LogP contribution < -0.4 is 10.6 Å². The Kier molecular flexibility index (Phi) is 9.37. The molecule has 3 N–H and O–H groups in total. The largest absolute Gasteiger partial charge is 0.480 e. The summed E-state index contributed by atoms with van der Waals surface area (Å²) >= 11 is 19.0. The van der Waals surface area contributed by atoms with Gasteiger partial charge in [-0.2, -0.15) is 0 Å². The number of aliphatic carboxylic acids is 1. The molecule has 240 valence electrons. The summed E-state index contributed by atoms with van der Waals surface area (Å²) in [7, 11) is -3.75. The number of amides is 3. The second-order valence-electron chi connectivity index (χ2n) is 10.9. The van der Waals surface area contributed by atoms with Crippen LogP contribution in [0.3, 0.4) is 0 Å². The fourth-order valence-electron chi connectivity index (χ4n) is 5.30. The zero-order valence-electron chi connectivity index (χ0n) is 24.4. The standard InChI is InChI=1S/C31H27Cl3N4O7S/c1-16-3-8-25-21(11-16)22(15-38(25)46(2,44)45)28(39)35-13-24(31(42)43)36-29(40)26-23(33)12-18-14-37(10-9-20(18)27(26)34)30(41)17-4-6-19(32)7-5-17/h3-8,11-12,15,24H,9-10,13-14H2,1-2H3,(H,35,39)(H,36,40)(H,42,43)/t24-/m0/s1. The lowest BCUT2D eigenvalue weighted by Crippen LogP contribution is -2.48. The maximum absolute atomic E-state index is 13.3. The summed E-state index contributed by atoms with van der Waals surface area (Å²) in [4.78, 5) is 53.2. The molecule has 0 unspecified atom stereocenters. The maximum atomic E-state index is 13.3. The number of aryl methyl sites for hydroxylation is 1. The molecule has 0 saturated heterocycles. The number of carbonyl (C=O) groups excluding carboxylic acids is 3. The van der Waals surface area contributed by atoms with Crippen molar-refractivity contribution in [3.05, 3.63) is 103 Å². The zero-order chi connectivity index (χ0) is 33.5. The number of halogens is 3. The second kappa shape index (κ2) is 13.0. The molecule has 0 bridgehead atoms. The first kappa shape index (κ1) is 33.3. The first-order valence-corrected chi connectivity index (χ1v) is 16.8. The van der Waals surface area contributed by atoms with Gasteiger partial charge in [0, 0.05) is 41.8 Å². The number of carbonyl (C=O) groups is 4. The summed E-state index contributed by atoms with van der Waals surface area (Å²) in [6.45, 7) is 1.76. The summed E-state index contributed by atoms with van der Waals surface area (Å²) in [5, 5.41) is 15.5. The van der Waals surface area contributed by atoms with Crippen LogP contribution in [0.5, 0.6) is 0 Å². The molecule has 0 saturated carbocycles. The van der Waals surface area contributed by atoms with Crippen molar-refractivity contribution in [1.29, 1.82) is 0 Å². The van der Waals surface area contributed by atoms with Gasteiger partial charge in [0.2, 0.25) is 10.0 Å². The highest BCUT2D eigenvalue weighted by Gasteiger charge is 2.30. The average molecular weight is 706 g/mol. The van der Waals surface area contributed by atoms with Crippen LogP contribution in [0.4, 0.5) is 0 Å². The Hall–Kier alpha value is -4.10. The number of benzene rings is 3. The molecular weight excluding hydrogens is 679 g/mol. The van der Waals surface area contributed by atoms with Crippen LogP contribution in [0.25, 0.3) is 10.9 Å². The molecule has 15 heteroatoms. The molecule has 0 fully saturated rings. The Balaban J connectivity index is 1.32. The Bertz CT molecular complexity index is 2030. The third-order valence-corrected chi connectivity index (χ3v) is 9.59. The molecule has 1 aliphatic heterocycles. The van der Waals surface area contributed by atoms with E-state index in [0.29, 0.717) is 40.1 Å². The van der Waals surface area contributed by atoms with Crippen molar-refractivity contribution < 1.29 is 32.7 Å². The summed E-state index contributed by atoms with van der Waals surface area (Å²) in [5.74, 6) is -3.26. The van der Waals surface area contributed by atoms with E-state index in [1.807, 2.05) is 0 Å². The summed E-state index contributed by atoms with van der Waals surface area (Å²) < 4.78 is 25.6. The van der Waals surface area contributed by atoms with E-state index in [4.69, 9.17) is 34.8 Å². The van der Waals surface area contributed by atoms with Crippen molar-refractivity contribution in [2.45, 2.75) is 25.9 Å². The SMILES string of the molecule is Cc1ccc2c(c1)c(C(=O)NC[C@H](NC(=O)c1c(Cl)cc3c(c1Cl)CCN(C(=O)c1ccc(Cl)cc1)C3)C(=O)O)cn2S(C)(=O)=O. The van der Waals surface area contributed by atoms with Crippen LogP contribution >= 0.6 is 34.8 Å². The topological polar surface area (TPSA) is 155 Å². The first-order valence-electron chi connectivity index (χ1n) is 13.8. The first-order chi connectivity index (χ1) is 21.6. The number of hydrogen-bond donors (Lipinski definition) is 3. The lowest BCUT2D eigenvalue weighted by molar-refractivity contribution is -0.139. The van der Waals surface area contributed by atoms with Crippen LogP contribution in [0.2, 0.25) is 15.1 Å². The number of rotatable bonds is 8. The molecule has 2 heterocycles. The molecule has 0 spiro atoms. The van der Waals surface area contributed by atoms with Crippen molar-refractivity contribution in [2.24, 2.45) is 0 Å². The van der Waals surface area contributed by atoms with Gasteiger partial charge < -0.3 is 20.6 Å². The number of carboxylic acid groups (broad SMARTS) is 1. The van der Waals surface area contributed by atoms with Gasteiger partial charge in [-0.05, 0) is 66.9 Å². The van der Waals surface area contributed by atoms with Crippen LogP contribution in [0, 0.1) is 6.92 Å². The zero-order valence-corrected chi connectivity index (χ0v) is 27.5. The molecular formula is C31H27Cl3N4O7S. The van der Waals surface area contributed by atoms with E-state index in [0.717, 1.165) is 15.8 Å². The van der Waals surface area contributed by atoms with Crippen molar-refractivity contribution in [3.8, 4) is 0 Å². The van der Waals surface area contributed by atoms with Gasteiger partial charge in [-0.1, -0.05) is 46.4 Å². The maximum Gasteiger partial charge on any atom is 0.328 e. The molecule has 4 aromatic rings. The van der Waals surface area contributed by atoms with Crippen LogP contribution in [0.15, 0.2) is 54.7 Å². The summed E-state index contributed by atoms with van der Waals surface area (Å²) in [6, 6.07) is 11.4. The Labute approximate surface area is 279 Å². The lowest BCUT2D eigenvalue weighted by Gasteiger charge is -2.30. The van der Waals surface area contributed by atoms with Gasteiger partial charge >= 0.3 is 5.97 Å². The summed E-state index contributed by atoms with van der Waals surface area (Å²) in [6.07, 6.45) is 2.49. The molecule has 11 nitrogen and oxygen atoms in total. The molecule has 3 aromatic carbocycles. The lowest BCUT2D eigenvalue weighted by atomic mass is 9.96. The minimum Gasteiger partial charge on any atom is -0.480 e. The normalized spacial score (nSPS) is 13.6. The van der Waals surface area contributed by atoms with Crippen molar-refractivity contribution in [2.75, 3.05) is 19.3 Å². The van der Waals surface area contributed by atoms with E-state index in [1.165, 1.54) is 12.3 Å². The third-order valence-electron chi connectivity index (χ3n) is 7.61. The number of aromatic nitrogens is 1. The van der Waals surface area contributed by atoms with Gasteiger partial charge in [-0.3, -0.25) is 14.4 Å². The van der Waals surface area contributed by atoms with E-state index < -0.39 is 40.4 Å². The molecule has 5 rings (SSSR count). The molecule has 1 atom stereocenters. The predicted molar refractivity (Wildman–Crippen MR) is 174 cm³/mol. The van der Waals surface area contributed by atoms with E-state index in [1.54, 1.807) is 54.3 Å². The van der Waals surface area contributed by atoms with E-state index in [-0.39, 0.29) is 39.1 Å². The van der Waals surface area contributed by atoms with Crippen LogP contribution in [-0.4, -0.2) is 71.5 Å². The Morgan fingerprint density at radius 2 is 1.70 bits per heavy atom. The van der Waals surface area contributed by atoms with Crippen LogP contribution in [-0.2, 0) is 27.8 Å². The van der Waals surface area contributed by atoms with E-state index in [9.17, 15) is 32.7 Å². The van der Waals surface area contributed by atoms with Gasteiger partial charge in [0.1, 0.15) is 6.04 Å². The van der Waals surface area contributed by atoms with Gasteiger partial charge in [-0.15, -0.1) is 0 Å².